The Labute approximate surface area is 113 Å². The first-order chi connectivity index (χ1) is 9.02. The number of carboxylic acid groups (broad SMARTS) is 1. The van der Waals surface area contributed by atoms with Crippen LogP contribution in [0.2, 0.25) is 0 Å². The molecule has 1 aromatic rings. The van der Waals surface area contributed by atoms with Crippen molar-refractivity contribution in [3.8, 4) is 11.5 Å². The molecule has 0 amide bonds. The summed E-state index contributed by atoms with van der Waals surface area (Å²) in [4.78, 5) is 10.4. The summed E-state index contributed by atoms with van der Waals surface area (Å²) in [7, 11) is 1.55. The average molecular weight is 262 g/mol. The summed E-state index contributed by atoms with van der Waals surface area (Å²) >= 11 is 0. The smallest absolute Gasteiger partial charge is 0.328 e. The molecule has 0 aliphatic heterocycles. The number of allylic oxidation sites excluding steroid dienone is 1. The summed E-state index contributed by atoms with van der Waals surface area (Å²) in [5.41, 5.74) is 1.92. The Morgan fingerprint density at radius 2 is 2.05 bits per heavy atom. The van der Waals surface area contributed by atoms with Crippen LogP contribution in [0.15, 0.2) is 35.9 Å². The number of ether oxygens (including phenoxy) is 2. The van der Waals surface area contributed by atoms with Crippen LogP contribution in [0, 0.1) is 0 Å². The molecule has 4 nitrogen and oxygen atoms in total. The molecule has 0 fully saturated rings. The first kappa shape index (κ1) is 14.8. The highest BCUT2D eigenvalue weighted by molar-refractivity contribution is 5.85. The Morgan fingerprint density at radius 1 is 1.32 bits per heavy atom. The first-order valence-corrected chi connectivity index (χ1v) is 5.88. The Morgan fingerprint density at radius 3 is 2.63 bits per heavy atom. The minimum absolute atomic E-state index is 0.475. The fourth-order valence-corrected chi connectivity index (χ4v) is 1.37. The summed E-state index contributed by atoms with van der Waals surface area (Å²) < 4.78 is 10.8. The van der Waals surface area contributed by atoms with E-state index in [1.165, 1.54) is 11.6 Å². The number of benzene rings is 1. The van der Waals surface area contributed by atoms with Crippen LogP contribution >= 0.6 is 0 Å². The van der Waals surface area contributed by atoms with E-state index in [0.29, 0.717) is 18.1 Å². The zero-order valence-corrected chi connectivity index (χ0v) is 11.3. The summed E-state index contributed by atoms with van der Waals surface area (Å²) in [5, 5.41) is 8.57. The van der Waals surface area contributed by atoms with E-state index in [2.05, 4.69) is 0 Å². The van der Waals surface area contributed by atoms with Crippen molar-refractivity contribution in [3.63, 3.8) is 0 Å². The zero-order valence-electron chi connectivity index (χ0n) is 11.3. The maximum atomic E-state index is 10.4. The largest absolute Gasteiger partial charge is 0.493 e. The maximum absolute atomic E-state index is 10.4. The van der Waals surface area contributed by atoms with Crippen molar-refractivity contribution in [1.82, 2.24) is 0 Å². The number of carbonyl (C=O) groups is 1. The molecule has 0 atom stereocenters. The highest BCUT2D eigenvalue weighted by Crippen LogP contribution is 2.28. The summed E-state index contributed by atoms with van der Waals surface area (Å²) in [5.74, 6) is 0.227. The highest BCUT2D eigenvalue weighted by Gasteiger charge is 2.04. The van der Waals surface area contributed by atoms with Crippen LogP contribution in [-0.2, 0) is 4.79 Å². The van der Waals surface area contributed by atoms with Crippen molar-refractivity contribution in [1.29, 1.82) is 0 Å². The molecule has 0 aliphatic rings. The van der Waals surface area contributed by atoms with E-state index in [0.717, 1.165) is 11.6 Å². The van der Waals surface area contributed by atoms with Gasteiger partial charge in [0.25, 0.3) is 0 Å². The van der Waals surface area contributed by atoms with E-state index in [4.69, 9.17) is 14.6 Å². The van der Waals surface area contributed by atoms with Crippen LogP contribution in [0.25, 0.3) is 6.08 Å². The van der Waals surface area contributed by atoms with Gasteiger partial charge in [0.15, 0.2) is 11.5 Å². The number of aliphatic carboxylic acids is 1. The van der Waals surface area contributed by atoms with E-state index < -0.39 is 5.97 Å². The Balaban J connectivity index is 2.84. The van der Waals surface area contributed by atoms with Gasteiger partial charge in [-0.1, -0.05) is 11.6 Å². The molecule has 0 saturated carbocycles. The lowest BCUT2D eigenvalue weighted by molar-refractivity contribution is -0.131. The van der Waals surface area contributed by atoms with Crippen molar-refractivity contribution < 1.29 is 19.4 Å². The van der Waals surface area contributed by atoms with Gasteiger partial charge in [-0.25, -0.2) is 4.79 Å². The van der Waals surface area contributed by atoms with Gasteiger partial charge in [0.05, 0.1) is 7.11 Å². The normalized spacial score (nSPS) is 10.3. The summed E-state index contributed by atoms with van der Waals surface area (Å²) in [6, 6.07) is 5.27. The van der Waals surface area contributed by atoms with Crippen molar-refractivity contribution in [3.05, 3.63) is 41.5 Å². The fourth-order valence-electron chi connectivity index (χ4n) is 1.37. The molecule has 1 N–H and O–H groups in total. The van der Waals surface area contributed by atoms with Gasteiger partial charge in [-0.05, 0) is 43.7 Å². The molecule has 0 bridgehead atoms. The molecule has 102 valence electrons. The van der Waals surface area contributed by atoms with Crippen molar-refractivity contribution >= 4 is 12.0 Å². The molecule has 0 aliphatic carbocycles. The number of methoxy groups -OCH3 is 1. The lowest BCUT2D eigenvalue weighted by atomic mass is 10.2. The van der Waals surface area contributed by atoms with Crippen LogP contribution in [0.1, 0.15) is 19.4 Å². The van der Waals surface area contributed by atoms with Crippen LogP contribution < -0.4 is 9.47 Å². The van der Waals surface area contributed by atoms with E-state index in [9.17, 15) is 4.79 Å². The van der Waals surface area contributed by atoms with Crippen LogP contribution in [0.5, 0.6) is 11.5 Å². The second kappa shape index (κ2) is 7.26. The number of carboxylic acids is 1. The average Bonchev–Trinajstić information content (AvgIpc) is 2.36. The molecule has 0 unspecified atom stereocenters. The van der Waals surface area contributed by atoms with E-state index in [1.807, 2.05) is 19.9 Å². The monoisotopic (exact) mass is 262 g/mol. The third-order valence-electron chi connectivity index (χ3n) is 2.34. The zero-order chi connectivity index (χ0) is 14.3. The summed E-state index contributed by atoms with van der Waals surface area (Å²) in [6.45, 7) is 4.48. The topological polar surface area (TPSA) is 55.8 Å². The van der Waals surface area contributed by atoms with Crippen LogP contribution in [-0.4, -0.2) is 24.8 Å². The molecular formula is C15H18O4. The first-order valence-electron chi connectivity index (χ1n) is 5.88. The molecule has 1 aromatic carbocycles. The van der Waals surface area contributed by atoms with Gasteiger partial charge in [-0.15, -0.1) is 0 Å². The van der Waals surface area contributed by atoms with E-state index in [1.54, 1.807) is 25.3 Å². The molecule has 0 aromatic heterocycles. The van der Waals surface area contributed by atoms with Gasteiger partial charge in [-0.3, -0.25) is 0 Å². The standard InChI is InChI=1S/C15H18O4/c1-11(2)8-9-19-13-6-4-12(5-7-15(16)17)10-14(13)18-3/h4-8,10H,9H2,1-3H3,(H,16,17)/b7-5+. The third-order valence-corrected chi connectivity index (χ3v) is 2.34. The van der Waals surface area contributed by atoms with Crippen molar-refractivity contribution in [2.75, 3.05) is 13.7 Å². The quantitative estimate of drug-likeness (QED) is 0.632. The molecule has 0 heterocycles. The Bertz CT molecular complexity index is 497. The second-order valence-electron chi connectivity index (χ2n) is 4.17. The number of hydrogen-bond donors (Lipinski definition) is 1. The van der Waals surface area contributed by atoms with Gasteiger partial charge in [0.2, 0.25) is 0 Å². The van der Waals surface area contributed by atoms with E-state index in [-0.39, 0.29) is 0 Å². The molecular weight excluding hydrogens is 244 g/mol. The number of rotatable bonds is 6. The lowest BCUT2D eigenvalue weighted by Gasteiger charge is -2.10. The van der Waals surface area contributed by atoms with Crippen LogP contribution in [0.4, 0.5) is 0 Å². The molecule has 0 saturated heterocycles. The van der Waals surface area contributed by atoms with Crippen LogP contribution in [0.3, 0.4) is 0 Å². The maximum Gasteiger partial charge on any atom is 0.328 e. The number of hydrogen-bond acceptors (Lipinski definition) is 3. The minimum Gasteiger partial charge on any atom is -0.493 e. The fraction of sp³-hybridized carbons (Fsp3) is 0.267. The van der Waals surface area contributed by atoms with Gasteiger partial charge in [-0.2, -0.15) is 0 Å². The molecule has 4 heteroatoms. The highest BCUT2D eigenvalue weighted by atomic mass is 16.5. The Hall–Kier alpha value is -2.23. The van der Waals surface area contributed by atoms with Gasteiger partial charge < -0.3 is 14.6 Å². The predicted molar refractivity (Wildman–Crippen MR) is 74.6 cm³/mol. The summed E-state index contributed by atoms with van der Waals surface area (Å²) in [6.07, 6.45) is 4.56. The Kier molecular flexibility index (Phi) is 5.67. The third kappa shape index (κ3) is 5.29. The lowest BCUT2D eigenvalue weighted by Crippen LogP contribution is -1.97. The molecule has 1 rings (SSSR count). The van der Waals surface area contributed by atoms with Crippen molar-refractivity contribution in [2.45, 2.75) is 13.8 Å². The molecule has 0 radical (unpaired) electrons. The molecule has 19 heavy (non-hydrogen) atoms. The second-order valence-corrected chi connectivity index (χ2v) is 4.17. The molecule has 0 spiro atoms. The predicted octanol–water partition coefficient (Wildman–Crippen LogP) is 3.14. The van der Waals surface area contributed by atoms with Crippen molar-refractivity contribution in [2.24, 2.45) is 0 Å². The van der Waals surface area contributed by atoms with Gasteiger partial charge in [0, 0.05) is 6.08 Å². The SMILES string of the molecule is COc1cc(/C=C/C(=O)O)ccc1OCC=C(C)C. The minimum atomic E-state index is -0.983. The van der Waals surface area contributed by atoms with Gasteiger partial charge in [0.1, 0.15) is 6.61 Å². The van der Waals surface area contributed by atoms with Gasteiger partial charge >= 0.3 is 5.97 Å². The van der Waals surface area contributed by atoms with E-state index >= 15 is 0 Å².